The van der Waals surface area contributed by atoms with Gasteiger partial charge in [0.1, 0.15) is 7.05 Å². The highest BCUT2D eigenvalue weighted by Gasteiger charge is 2.31. The lowest BCUT2D eigenvalue weighted by Gasteiger charge is -2.34. The summed E-state index contributed by atoms with van der Waals surface area (Å²) in [7, 11) is 2.25. The van der Waals surface area contributed by atoms with E-state index in [4.69, 9.17) is 0 Å². The minimum absolute atomic E-state index is 0.515. The molecule has 0 spiro atoms. The van der Waals surface area contributed by atoms with E-state index in [-0.39, 0.29) is 0 Å². The maximum absolute atomic E-state index is 2.47. The highest BCUT2D eigenvalue weighted by Crippen LogP contribution is 2.45. The fourth-order valence-corrected chi connectivity index (χ4v) is 6.08. The Labute approximate surface area is 188 Å². The number of aryl methyl sites for hydroxylation is 4. The van der Waals surface area contributed by atoms with E-state index < -0.39 is 0 Å². The van der Waals surface area contributed by atoms with Crippen molar-refractivity contribution in [1.82, 2.24) is 0 Å². The van der Waals surface area contributed by atoms with Gasteiger partial charge in [0, 0.05) is 11.6 Å². The summed E-state index contributed by atoms with van der Waals surface area (Å²) in [5.41, 5.74) is 15.0. The topological polar surface area (TPSA) is 3.88 Å². The minimum Gasteiger partial charge on any atom is -0.201 e. The average Bonchev–Trinajstić information content (AvgIpc) is 3.10. The molecule has 0 N–H and O–H groups in total. The zero-order chi connectivity index (χ0) is 21.9. The van der Waals surface area contributed by atoms with Gasteiger partial charge >= 0.3 is 0 Å². The number of fused-ring (bicyclic) bond motifs is 3. The van der Waals surface area contributed by atoms with E-state index in [1.807, 2.05) is 0 Å². The Balaban J connectivity index is 1.58. The number of benzene rings is 2. The van der Waals surface area contributed by atoms with Crippen LogP contribution in [0.3, 0.4) is 0 Å². The van der Waals surface area contributed by atoms with Gasteiger partial charge in [-0.15, -0.1) is 0 Å². The lowest BCUT2D eigenvalue weighted by molar-refractivity contribution is -0.661. The Bertz CT molecular complexity index is 1170. The number of aromatic nitrogens is 1. The molecule has 0 bridgehead atoms. The molecule has 1 heterocycles. The van der Waals surface area contributed by atoms with E-state index in [0.29, 0.717) is 11.3 Å². The summed E-state index contributed by atoms with van der Waals surface area (Å²) in [6, 6.07) is 13.9. The first-order chi connectivity index (χ1) is 14.7. The summed E-state index contributed by atoms with van der Waals surface area (Å²) >= 11 is 0. The van der Waals surface area contributed by atoms with Gasteiger partial charge < -0.3 is 0 Å². The maximum atomic E-state index is 2.47. The Kier molecular flexibility index (Phi) is 4.84. The monoisotopic (exact) mass is 410 g/mol. The average molecular weight is 411 g/mol. The highest BCUT2D eigenvalue weighted by molar-refractivity contribution is 5.85. The second-order valence-electron chi connectivity index (χ2n) is 10.9. The van der Waals surface area contributed by atoms with Gasteiger partial charge in [0.25, 0.3) is 0 Å². The first-order valence-electron chi connectivity index (χ1n) is 12.0. The van der Waals surface area contributed by atoms with Gasteiger partial charge in [-0.25, -0.2) is 4.57 Å². The van der Waals surface area contributed by atoms with Crippen LogP contribution in [0.5, 0.6) is 0 Å². The van der Waals surface area contributed by atoms with Crippen molar-refractivity contribution in [2.75, 3.05) is 0 Å². The van der Waals surface area contributed by atoms with Crippen molar-refractivity contribution in [1.29, 1.82) is 0 Å². The lowest BCUT2D eigenvalue weighted by atomic mass is 9.71. The molecule has 160 valence electrons. The van der Waals surface area contributed by atoms with Crippen LogP contribution in [0.15, 0.2) is 42.6 Å². The quantitative estimate of drug-likeness (QED) is 0.304. The highest BCUT2D eigenvalue weighted by atomic mass is 14.9. The normalized spacial score (nSPS) is 17.5. The maximum Gasteiger partial charge on any atom is 0.213 e. The molecule has 1 aromatic heterocycles. The van der Waals surface area contributed by atoms with Crippen molar-refractivity contribution in [2.24, 2.45) is 12.5 Å². The first-order valence-corrected chi connectivity index (χ1v) is 12.0. The van der Waals surface area contributed by atoms with Crippen molar-refractivity contribution in [2.45, 2.75) is 72.6 Å². The predicted molar refractivity (Wildman–Crippen MR) is 130 cm³/mol. The van der Waals surface area contributed by atoms with E-state index in [1.54, 1.807) is 5.56 Å². The molecule has 1 fully saturated rings. The molecule has 2 aliphatic carbocycles. The number of hydrogen-bond donors (Lipinski definition) is 0. The third kappa shape index (κ3) is 3.43. The number of hydrogen-bond acceptors (Lipinski definition) is 0. The lowest BCUT2D eigenvalue weighted by Crippen LogP contribution is -2.33. The third-order valence-electron chi connectivity index (χ3n) is 8.13. The second-order valence-corrected chi connectivity index (χ2v) is 10.9. The van der Waals surface area contributed by atoms with Crippen LogP contribution in [0.25, 0.3) is 22.4 Å². The zero-order valence-electron chi connectivity index (χ0n) is 20.1. The molecule has 0 unspecified atom stereocenters. The minimum atomic E-state index is 0.515. The van der Waals surface area contributed by atoms with Crippen molar-refractivity contribution in [3.05, 3.63) is 76.0 Å². The molecule has 0 aliphatic heterocycles. The van der Waals surface area contributed by atoms with Crippen LogP contribution >= 0.6 is 0 Å². The SMILES string of the molecule is Cc1cc(-c2c(C)ccc3c2Cc2c(C)cccc2-3)[n+](C)cc1C1CCC(C)(C)CC1. The predicted octanol–water partition coefficient (Wildman–Crippen LogP) is 7.36. The summed E-state index contributed by atoms with van der Waals surface area (Å²) in [5, 5.41) is 0. The molecule has 0 saturated heterocycles. The Hall–Kier alpha value is -2.41. The third-order valence-corrected chi connectivity index (χ3v) is 8.13. The smallest absolute Gasteiger partial charge is 0.201 e. The molecule has 0 amide bonds. The van der Waals surface area contributed by atoms with Crippen molar-refractivity contribution >= 4 is 0 Å². The van der Waals surface area contributed by atoms with Crippen LogP contribution in [-0.2, 0) is 13.5 Å². The van der Waals surface area contributed by atoms with Crippen molar-refractivity contribution < 1.29 is 4.57 Å². The molecule has 0 radical (unpaired) electrons. The number of pyridine rings is 1. The summed E-state index contributed by atoms with van der Waals surface area (Å²) in [6.45, 7) is 11.7. The van der Waals surface area contributed by atoms with Gasteiger partial charge in [0.2, 0.25) is 5.69 Å². The van der Waals surface area contributed by atoms with Crippen LogP contribution in [-0.4, -0.2) is 0 Å². The summed E-state index contributed by atoms with van der Waals surface area (Å²) in [6.07, 6.45) is 8.81. The molecule has 31 heavy (non-hydrogen) atoms. The van der Waals surface area contributed by atoms with Gasteiger partial charge in [-0.1, -0.05) is 44.2 Å². The molecule has 1 heteroatoms. The van der Waals surface area contributed by atoms with E-state index >= 15 is 0 Å². The van der Waals surface area contributed by atoms with Crippen molar-refractivity contribution in [3.8, 4) is 22.4 Å². The van der Waals surface area contributed by atoms with E-state index in [1.165, 1.54) is 75.9 Å². The molecule has 1 saturated carbocycles. The largest absolute Gasteiger partial charge is 0.213 e. The van der Waals surface area contributed by atoms with Crippen LogP contribution in [0.2, 0.25) is 0 Å². The fraction of sp³-hybridized carbons (Fsp3) is 0.433. The second kappa shape index (κ2) is 7.33. The number of nitrogens with zero attached hydrogens (tertiary/aromatic N) is 1. The van der Waals surface area contributed by atoms with Gasteiger partial charge in [-0.05, 0) is 103 Å². The van der Waals surface area contributed by atoms with Gasteiger partial charge in [-0.3, -0.25) is 0 Å². The molecule has 3 aromatic rings. The Morgan fingerprint density at radius 3 is 2.29 bits per heavy atom. The molecular formula is C30H36N+. The summed E-state index contributed by atoms with van der Waals surface area (Å²) < 4.78 is 2.40. The van der Waals surface area contributed by atoms with E-state index in [0.717, 1.165) is 6.42 Å². The zero-order valence-corrected chi connectivity index (χ0v) is 20.1. The summed E-state index contributed by atoms with van der Waals surface area (Å²) in [5.74, 6) is 0.711. The molecular weight excluding hydrogens is 374 g/mol. The van der Waals surface area contributed by atoms with Gasteiger partial charge in [-0.2, -0.15) is 0 Å². The van der Waals surface area contributed by atoms with E-state index in [9.17, 15) is 0 Å². The standard InChI is InChI=1S/C30H36N/c1-19-8-7-9-23-24-11-10-20(2)29(26(24)17-25(19)23)28-16-21(3)27(18-31(28)6)22-12-14-30(4,5)15-13-22/h7-11,16,18,22H,12-15,17H2,1-6H3/q+1. The molecule has 2 aromatic carbocycles. The first kappa shape index (κ1) is 20.5. The Morgan fingerprint density at radius 1 is 0.839 bits per heavy atom. The van der Waals surface area contributed by atoms with Crippen LogP contribution in [0.4, 0.5) is 0 Å². The summed E-state index contributed by atoms with van der Waals surface area (Å²) in [4.78, 5) is 0. The van der Waals surface area contributed by atoms with Crippen molar-refractivity contribution in [3.63, 3.8) is 0 Å². The van der Waals surface area contributed by atoms with Crippen LogP contribution in [0.1, 0.15) is 78.8 Å². The van der Waals surface area contributed by atoms with E-state index in [2.05, 4.69) is 88.8 Å². The fourth-order valence-electron chi connectivity index (χ4n) is 6.08. The Morgan fingerprint density at radius 2 is 1.55 bits per heavy atom. The molecule has 0 atom stereocenters. The van der Waals surface area contributed by atoms with Crippen LogP contribution < -0.4 is 4.57 Å². The van der Waals surface area contributed by atoms with Crippen LogP contribution in [0, 0.1) is 26.2 Å². The molecule has 1 nitrogen and oxygen atoms in total. The van der Waals surface area contributed by atoms with Gasteiger partial charge in [0.05, 0.1) is 5.56 Å². The molecule has 5 rings (SSSR count). The van der Waals surface area contributed by atoms with Gasteiger partial charge in [0.15, 0.2) is 6.20 Å². The number of rotatable bonds is 2. The molecule has 2 aliphatic rings.